The maximum atomic E-state index is 5.14. The number of hydrogen-bond donors (Lipinski definition) is 2. The number of aromatic nitrogens is 1. The van der Waals surface area contributed by atoms with Gasteiger partial charge in [0.2, 0.25) is 0 Å². The van der Waals surface area contributed by atoms with Gasteiger partial charge in [-0.05, 0) is 47.5 Å². The van der Waals surface area contributed by atoms with Gasteiger partial charge in [0.25, 0.3) is 0 Å². The Hall–Kier alpha value is -3.67. The summed E-state index contributed by atoms with van der Waals surface area (Å²) in [7, 11) is 0. The average molecular weight is 476 g/mol. The summed E-state index contributed by atoms with van der Waals surface area (Å²) in [6, 6.07) is 32.8. The van der Waals surface area contributed by atoms with Crippen molar-refractivity contribution in [2.75, 3.05) is 62.2 Å². The fourth-order valence-electron chi connectivity index (χ4n) is 5.16. The highest BCUT2D eigenvalue weighted by Crippen LogP contribution is 2.32. The number of hydrogen-bond acceptors (Lipinski definition) is 5. The molecule has 5 nitrogen and oxygen atoms in total. The summed E-state index contributed by atoms with van der Waals surface area (Å²) in [5, 5.41) is 6.86. The van der Waals surface area contributed by atoms with Crippen molar-refractivity contribution in [2.24, 2.45) is 0 Å². The molecule has 2 aliphatic rings. The van der Waals surface area contributed by atoms with E-state index in [-0.39, 0.29) is 0 Å². The van der Waals surface area contributed by atoms with Crippen molar-refractivity contribution >= 4 is 11.4 Å². The lowest BCUT2D eigenvalue weighted by molar-refractivity contribution is 0.589. The molecule has 2 saturated heterocycles. The minimum absolute atomic E-state index is 1.00. The highest BCUT2D eigenvalue weighted by atomic mass is 15.2. The fourth-order valence-corrected chi connectivity index (χ4v) is 5.16. The van der Waals surface area contributed by atoms with E-state index in [9.17, 15) is 0 Å². The van der Waals surface area contributed by atoms with Gasteiger partial charge in [-0.3, -0.25) is 0 Å². The van der Waals surface area contributed by atoms with Crippen LogP contribution in [0.5, 0.6) is 0 Å². The smallest absolute Gasteiger partial charge is 0.0715 e. The molecule has 3 heterocycles. The maximum Gasteiger partial charge on any atom is 0.0715 e. The van der Waals surface area contributed by atoms with E-state index in [1.165, 1.54) is 22.5 Å². The number of rotatable bonds is 5. The minimum Gasteiger partial charge on any atom is -0.369 e. The van der Waals surface area contributed by atoms with Gasteiger partial charge in [0.05, 0.1) is 11.4 Å². The second kappa shape index (κ2) is 10.5. The molecule has 0 radical (unpaired) electrons. The molecule has 0 bridgehead atoms. The van der Waals surface area contributed by atoms with Crippen molar-refractivity contribution in [3.8, 4) is 33.6 Å². The molecule has 2 fully saturated rings. The van der Waals surface area contributed by atoms with Crippen LogP contribution < -0.4 is 20.4 Å². The first kappa shape index (κ1) is 22.8. The summed E-state index contributed by atoms with van der Waals surface area (Å²) < 4.78 is 0. The third-order valence-corrected chi connectivity index (χ3v) is 7.22. The molecule has 0 spiro atoms. The third-order valence-electron chi connectivity index (χ3n) is 7.22. The van der Waals surface area contributed by atoms with Gasteiger partial charge in [0.15, 0.2) is 0 Å². The monoisotopic (exact) mass is 475 g/mol. The second-order valence-corrected chi connectivity index (χ2v) is 9.56. The topological polar surface area (TPSA) is 43.4 Å². The lowest BCUT2D eigenvalue weighted by Gasteiger charge is -2.29. The molecule has 3 aromatic carbocycles. The summed E-state index contributed by atoms with van der Waals surface area (Å²) >= 11 is 0. The molecule has 5 heteroatoms. The van der Waals surface area contributed by atoms with Crippen LogP contribution in [-0.4, -0.2) is 57.3 Å². The lowest BCUT2D eigenvalue weighted by atomic mass is 9.99. The van der Waals surface area contributed by atoms with E-state index in [0.717, 1.165) is 74.9 Å². The summed E-state index contributed by atoms with van der Waals surface area (Å²) in [5.41, 5.74) is 9.25. The maximum absolute atomic E-state index is 5.14. The Labute approximate surface area is 213 Å². The van der Waals surface area contributed by atoms with Gasteiger partial charge in [-0.1, -0.05) is 54.6 Å². The van der Waals surface area contributed by atoms with E-state index < -0.39 is 0 Å². The Morgan fingerprint density at radius 2 is 0.917 bits per heavy atom. The normalized spacial score (nSPS) is 16.2. The molecule has 0 saturated carbocycles. The predicted octanol–water partition coefficient (Wildman–Crippen LogP) is 4.90. The Bertz CT molecular complexity index is 1190. The summed E-state index contributed by atoms with van der Waals surface area (Å²) in [6.07, 6.45) is 0. The first-order valence-corrected chi connectivity index (χ1v) is 13.0. The fraction of sp³-hybridized carbons (Fsp3) is 0.258. The predicted molar refractivity (Wildman–Crippen MR) is 151 cm³/mol. The van der Waals surface area contributed by atoms with Gasteiger partial charge in [-0.2, -0.15) is 0 Å². The zero-order valence-corrected chi connectivity index (χ0v) is 20.7. The minimum atomic E-state index is 1.00. The highest BCUT2D eigenvalue weighted by Gasteiger charge is 2.14. The molecule has 6 rings (SSSR count). The first-order valence-electron chi connectivity index (χ1n) is 13.0. The zero-order chi connectivity index (χ0) is 24.2. The van der Waals surface area contributed by atoms with Gasteiger partial charge in [-0.15, -0.1) is 0 Å². The first-order chi connectivity index (χ1) is 17.8. The lowest BCUT2D eigenvalue weighted by Crippen LogP contribution is -2.43. The molecular weight excluding hydrogens is 442 g/mol. The van der Waals surface area contributed by atoms with E-state index in [1.54, 1.807) is 0 Å². The number of pyridine rings is 1. The highest BCUT2D eigenvalue weighted by molar-refractivity contribution is 5.77. The summed E-state index contributed by atoms with van der Waals surface area (Å²) in [5.74, 6) is 0. The zero-order valence-electron chi connectivity index (χ0n) is 20.7. The largest absolute Gasteiger partial charge is 0.369 e. The quantitative estimate of drug-likeness (QED) is 0.430. The summed E-state index contributed by atoms with van der Waals surface area (Å²) in [4.78, 5) is 10.0. The Morgan fingerprint density at radius 1 is 0.472 bits per heavy atom. The second-order valence-electron chi connectivity index (χ2n) is 9.56. The molecule has 182 valence electrons. The Balaban J connectivity index is 1.34. The Morgan fingerprint density at radius 3 is 1.36 bits per heavy atom. The van der Waals surface area contributed by atoms with Gasteiger partial charge in [-0.25, -0.2) is 4.98 Å². The van der Waals surface area contributed by atoms with Crippen molar-refractivity contribution in [3.05, 3.63) is 91.0 Å². The van der Waals surface area contributed by atoms with Crippen LogP contribution in [0.4, 0.5) is 11.4 Å². The number of nitrogens with one attached hydrogen (secondary N) is 2. The van der Waals surface area contributed by atoms with Crippen LogP contribution in [-0.2, 0) is 0 Å². The van der Waals surface area contributed by atoms with Crippen LogP contribution in [0.15, 0.2) is 91.0 Å². The van der Waals surface area contributed by atoms with Gasteiger partial charge in [0, 0.05) is 74.9 Å². The van der Waals surface area contributed by atoms with E-state index in [1.807, 2.05) is 0 Å². The van der Waals surface area contributed by atoms with Crippen LogP contribution >= 0.6 is 0 Å². The molecule has 2 N–H and O–H groups in total. The molecule has 1 aromatic heterocycles. The molecule has 36 heavy (non-hydrogen) atoms. The van der Waals surface area contributed by atoms with Crippen LogP contribution in [0.2, 0.25) is 0 Å². The molecular formula is C31H33N5. The number of piperazine rings is 2. The van der Waals surface area contributed by atoms with Crippen molar-refractivity contribution < 1.29 is 0 Å². The van der Waals surface area contributed by atoms with E-state index >= 15 is 0 Å². The van der Waals surface area contributed by atoms with Crippen molar-refractivity contribution in [1.29, 1.82) is 0 Å². The van der Waals surface area contributed by atoms with Gasteiger partial charge < -0.3 is 20.4 Å². The molecule has 0 atom stereocenters. The van der Waals surface area contributed by atoms with Crippen molar-refractivity contribution in [1.82, 2.24) is 15.6 Å². The standard InChI is InChI=1S/C31H33N5/c1-2-4-24(5-3-1)27-22-30(25-6-10-28(11-7-25)35-18-14-32-15-19-35)34-31(23-27)26-8-12-29(13-9-26)36-20-16-33-17-21-36/h1-13,22-23,32-33H,14-21H2. The number of anilines is 2. The van der Waals surface area contributed by atoms with Crippen molar-refractivity contribution in [3.63, 3.8) is 0 Å². The molecule has 2 aliphatic heterocycles. The average Bonchev–Trinajstić information content (AvgIpc) is 2.98. The van der Waals surface area contributed by atoms with Crippen molar-refractivity contribution in [2.45, 2.75) is 0 Å². The SMILES string of the molecule is c1ccc(-c2cc(-c3ccc(N4CCNCC4)cc3)nc(-c3ccc(N4CCNCC4)cc3)c2)cc1. The Kier molecular flexibility index (Phi) is 6.66. The molecule has 0 unspecified atom stereocenters. The number of benzene rings is 3. The third kappa shape index (κ3) is 4.99. The van der Waals surface area contributed by atoms with Gasteiger partial charge >= 0.3 is 0 Å². The summed E-state index contributed by atoms with van der Waals surface area (Å²) in [6.45, 7) is 8.37. The van der Waals surface area contributed by atoms with Gasteiger partial charge in [0.1, 0.15) is 0 Å². The van der Waals surface area contributed by atoms with E-state index in [2.05, 4.69) is 111 Å². The van der Waals surface area contributed by atoms with E-state index in [4.69, 9.17) is 4.98 Å². The van der Waals surface area contributed by atoms with Crippen LogP contribution in [0.3, 0.4) is 0 Å². The van der Waals surface area contributed by atoms with Crippen LogP contribution in [0.1, 0.15) is 0 Å². The molecule has 4 aromatic rings. The van der Waals surface area contributed by atoms with E-state index in [0.29, 0.717) is 0 Å². The molecule has 0 amide bonds. The molecule has 0 aliphatic carbocycles. The number of nitrogens with zero attached hydrogens (tertiary/aromatic N) is 3. The van der Waals surface area contributed by atoms with Crippen LogP contribution in [0, 0.1) is 0 Å². The van der Waals surface area contributed by atoms with Crippen LogP contribution in [0.25, 0.3) is 33.6 Å².